The largest absolute Gasteiger partial charge is 0.278 e. The molecule has 286 valence electrons. The fourth-order valence-corrected chi connectivity index (χ4v) is 9.82. The van der Waals surface area contributed by atoms with Crippen molar-refractivity contribution in [1.29, 1.82) is 0 Å². The van der Waals surface area contributed by atoms with Crippen molar-refractivity contribution in [2.45, 2.75) is 26.2 Å². The van der Waals surface area contributed by atoms with Crippen LogP contribution in [0.2, 0.25) is 0 Å². The van der Waals surface area contributed by atoms with Crippen LogP contribution in [0.1, 0.15) is 25.3 Å². The predicted octanol–water partition coefficient (Wildman–Crippen LogP) is 15.0. The Hall–Kier alpha value is -7.21. The number of unbranched alkanes of at least 4 members (excludes halogenated alkanes) is 1. The van der Waals surface area contributed by atoms with Gasteiger partial charge in [0.2, 0.25) is 5.95 Å². The number of hydrogen-bond acceptors (Lipinski definition) is 4. The minimum Gasteiger partial charge on any atom is -0.278 e. The van der Waals surface area contributed by atoms with Gasteiger partial charge in [0.25, 0.3) is 0 Å². The lowest BCUT2D eigenvalue weighted by Gasteiger charge is -2.11. The highest BCUT2D eigenvalue weighted by Gasteiger charge is 2.19. The molecule has 0 N–H and O–H groups in total. The predicted molar refractivity (Wildman–Crippen MR) is 253 cm³/mol. The minimum absolute atomic E-state index is 0.586. The molecular weight excluding hydrogens is 749 g/mol. The summed E-state index contributed by atoms with van der Waals surface area (Å²) in [7, 11) is 0. The molecule has 3 aromatic heterocycles. The first kappa shape index (κ1) is 35.9. The maximum absolute atomic E-state index is 5.21. The maximum Gasteiger partial charge on any atom is 0.238 e. The number of hydrogen-bond donors (Lipinski definition) is 0. The van der Waals surface area contributed by atoms with Gasteiger partial charge >= 0.3 is 0 Å². The molecule has 0 bridgehead atoms. The molecule has 8 aromatic carbocycles. The summed E-state index contributed by atoms with van der Waals surface area (Å²) in [5.41, 5.74) is 12.7. The molecule has 0 aliphatic rings. The molecule has 0 radical (unpaired) electrons. The monoisotopic (exact) mass is 788 g/mol. The van der Waals surface area contributed by atoms with Gasteiger partial charge in [-0.1, -0.05) is 171 Å². The quantitative estimate of drug-likeness (QED) is 0.146. The van der Waals surface area contributed by atoms with Crippen LogP contribution in [0.4, 0.5) is 0 Å². The van der Waals surface area contributed by atoms with Crippen LogP contribution in [0.15, 0.2) is 188 Å². The lowest BCUT2D eigenvalue weighted by molar-refractivity contribution is 0.795. The molecule has 60 heavy (non-hydrogen) atoms. The van der Waals surface area contributed by atoms with Crippen LogP contribution in [0.25, 0.3) is 104 Å². The van der Waals surface area contributed by atoms with E-state index in [1.807, 2.05) is 35.6 Å². The summed E-state index contributed by atoms with van der Waals surface area (Å²) < 4.78 is 4.80. The summed E-state index contributed by atoms with van der Waals surface area (Å²) in [5, 5.41) is 4.91. The summed E-state index contributed by atoms with van der Waals surface area (Å²) in [6.45, 7) is 2.26. The van der Waals surface area contributed by atoms with Crippen LogP contribution in [-0.4, -0.2) is 19.5 Å². The number of benzene rings is 8. The van der Waals surface area contributed by atoms with Gasteiger partial charge in [0, 0.05) is 42.1 Å². The summed E-state index contributed by atoms with van der Waals surface area (Å²) >= 11 is 1.88. The molecule has 0 aliphatic carbocycles. The second-order valence-corrected chi connectivity index (χ2v) is 16.5. The summed E-state index contributed by atoms with van der Waals surface area (Å²) in [6.07, 6.45) is 3.54. The minimum atomic E-state index is 0.586. The van der Waals surface area contributed by atoms with Gasteiger partial charge in [-0.15, -0.1) is 11.3 Å². The van der Waals surface area contributed by atoms with E-state index in [1.54, 1.807) is 0 Å². The van der Waals surface area contributed by atoms with E-state index in [-0.39, 0.29) is 0 Å². The smallest absolute Gasteiger partial charge is 0.238 e. The molecule has 0 unspecified atom stereocenters. The average Bonchev–Trinajstić information content (AvgIpc) is 3.87. The topological polar surface area (TPSA) is 43.6 Å². The van der Waals surface area contributed by atoms with Crippen molar-refractivity contribution >= 4 is 53.3 Å². The summed E-state index contributed by atoms with van der Waals surface area (Å²) in [6, 6.07) is 67.3. The Labute approximate surface area is 353 Å². The van der Waals surface area contributed by atoms with Gasteiger partial charge in [-0.2, -0.15) is 9.97 Å². The van der Waals surface area contributed by atoms with Crippen LogP contribution in [0, 0.1) is 0 Å². The van der Waals surface area contributed by atoms with Crippen LogP contribution in [0.5, 0.6) is 0 Å². The van der Waals surface area contributed by atoms with Crippen LogP contribution in [-0.2, 0) is 6.42 Å². The van der Waals surface area contributed by atoms with Crippen molar-refractivity contribution in [1.82, 2.24) is 19.5 Å². The molecule has 0 saturated heterocycles. The Balaban J connectivity index is 1.03. The zero-order valence-corrected chi connectivity index (χ0v) is 34.0. The van der Waals surface area contributed by atoms with Gasteiger partial charge in [0.05, 0.1) is 11.0 Å². The van der Waals surface area contributed by atoms with Gasteiger partial charge < -0.3 is 0 Å². The Morgan fingerprint density at radius 1 is 0.433 bits per heavy atom. The van der Waals surface area contributed by atoms with E-state index < -0.39 is 0 Å². The standard InChI is InChI=1S/C55H40N4S/c1-2-3-14-36-15-12-20-41(33-36)42-30-32-51-48(34-42)46-23-13-22-44(52(46)60-51)43-29-31-50-47(35-43)45-21-10-11-24-49(45)59(50)55-57-53(39-18-8-5-9-19-39)56-54(58-55)40-27-25-38(26-28-40)37-16-6-4-7-17-37/h4-13,15-35H,2-3,14H2,1H3. The van der Waals surface area contributed by atoms with E-state index in [4.69, 9.17) is 15.0 Å². The molecule has 3 heterocycles. The maximum atomic E-state index is 5.21. The lowest BCUT2D eigenvalue weighted by atomic mass is 9.98. The van der Waals surface area contributed by atoms with Crippen molar-refractivity contribution in [2.75, 3.05) is 0 Å². The molecule has 0 spiro atoms. The fraction of sp³-hybridized carbons (Fsp3) is 0.0727. The molecule has 0 saturated carbocycles. The number of rotatable bonds is 9. The van der Waals surface area contributed by atoms with Crippen molar-refractivity contribution < 1.29 is 0 Å². The Kier molecular flexibility index (Phi) is 9.09. The Morgan fingerprint density at radius 2 is 1.02 bits per heavy atom. The molecular formula is C55H40N4S. The summed E-state index contributed by atoms with van der Waals surface area (Å²) in [5.74, 6) is 1.85. The highest BCUT2D eigenvalue weighted by atomic mass is 32.1. The molecule has 11 rings (SSSR count). The lowest BCUT2D eigenvalue weighted by Crippen LogP contribution is -2.06. The zero-order valence-electron chi connectivity index (χ0n) is 33.2. The molecule has 0 fully saturated rings. The number of aryl methyl sites for hydroxylation is 1. The van der Waals surface area contributed by atoms with Crippen molar-refractivity contribution in [3.8, 4) is 62.1 Å². The normalized spacial score (nSPS) is 11.6. The van der Waals surface area contributed by atoms with Gasteiger partial charge in [-0.3, -0.25) is 4.57 Å². The van der Waals surface area contributed by atoms with E-state index in [0.29, 0.717) is 17.6 Å². The molecule has 11 aromatic rings. The molecule has 0 aliphatic heterocycles. The van der Waals surface area contributed by atoms with E-state index in [9.17, 15) is 0 Å². The SMILES string of the molecule is CCCCc1cccc(-c2ccc3sc4c(-c5ccc6c(c5)c5ccccc5n6-c5nc(-c6ccccc6)nc(-c6ccc(-c7ccccc7)cc6)n5)cccc4c3c2)c1. The highest BCUT2D eigenvalue weighted by molar-refractivity contribution is 7.26. The van der Waals surface area contributed by atoms with Crippen molar-refractivity contribution in [2.24, 2.45) is 0 Å². The van der Waals surface area contributed by atoms with E-state index in [1.165, 1.54) is 66.4 Å². The van der Waals surface area contributed by atoms with Crippen LogP contribution in [0.3, 0.4) is 0 Å². The first-order chi connectivity index (χ1) is 29.7. The Bertz CT molecular complexity index is 3350. The fourth-order valence-electron chi connectivity index (χ4n) is 8.60. The van der Waals surface area contributed by atoms with Gasteiger partial charge in [-0.05, 0) is 82.1 Å². The van der Waals surface area contributed by atoms with Gasteiger partial charge in [0.15, 0.2) is 11.6 Å². The highest BCUT2D eigenvalue weighted by Crippen LogP contribution is 2.43. The second-order valence-electron chi connectivity index (χ2n) is 15.5. The van der Waals surface area contributed by atoms with Crippen molar-refractivity contribution in [3.05, 3.63) is 194 Å². The van der Waals surface area contributed by atoms with Crippen molar-refractivity contribution in [3.63, 3.8) is 0 Å². The number of aromatic nitrogens is 4. The first-order valence-electron chi connectivity index (χ1n) is 20.7. The average molecular weight is 789 g/mol. The zero-order chi connectivity index (χ0) is 40.0. The molecule has 4 nitrogen and oxygen atoms in total. The van der Waals surface area contributed by atoms with Crippen LogP contribution < -0.4 is 0 Å². The van der Waals surface area contributed by atoms with E-state index in [0.717, 1.165) is 44.9 Å². The molecule has 0 atom stereocenters. The van der Waals surface area contributed by atoms with E-state index >= 15 is 0 Å². The number of para-hydroxylation sites is 1. The molecule has 5 heteroatoms. The number of fused-ring (bicyclic) bond motifs is 6. The van der Waals surface area contributed by atoms with Crippen LogP contribution >= 0.6 is 11.3 Å². The second kappa shape index (κ2) is 15.2. The Morgan fingerprint density at radius 3 is 1.82 bits per heavy atom. The first-order valence-corrected chi connectivity index (χ1v) is 21.6. The number of nitrogens with zero attached hydrogens (tertiary/aromatic N) is 4. The summed E-state index contributed by atoms with van der Waals surface area (Å²) in [4.78, 5) is 15.4. The third-order valence-corrected chi connectivity index (χ3v) is 12.9. The third kappa shape index (κ3) is 6.44. The van der Waals surface area contributed by atoms with E-state index in [2.05, 4.69) is 175 Å². The molecule has 0 amide bonds. The van der Waals surface area contributed by atoms with Gasteiger partial charge in [0.1, 0.15) is 0 Å². The van der Waals surface area contributed by atoms with Gasteiger partial charge in [-0.25, -0.2) is 4.98 Å². The third-order valence-electron chi connectivity index (χ3n) is 11.7. The number of thiophene rings is 1.